The summed E-state index contributed by atoms with van der Waals surface area (Å²) >= 11 is 0. The molecule has 2 nitrogen and oxygen atoms in total. The lowest BCUT2D eigenvalue weighted by Crippen LogP contribution is -2.28. The first kappa shape index (κ1) is 21.6. The smallest absolute Gasteiger partial charge is 0.190 e. The zero-order chi connectivity index (χ0) is 22.4. The lowest BCUT2D eigenvalue weighted by molar-refractivity contribution is 0.107. The topological polar surface area (TPSA) is 37.3 Å². The van der Waals surface area contributed by atoms with E-state index in [-0.39, 0.29) is 11.5 Å². The van der Waals surface area contributed by atoms with Crippen molar-refractivity contribution in [2.24, 2.45) is 0 Å². The van der Waals surface area contributed by atoms with E-state index in [0.717, 1.165) is 15.9 Å². The fourth-order valence-corrected chi connectivity index (χ4v) is 7.78. The number of Topliss-reactive ketones (excluding diaryl/α,β-unsaturated/α-hetero) is 1. The molecule has 3 heteroatoms. The number of carbonyl (C=O) groups is 1. The second kappa shape index (κ2) is 9.68. The summed E-state index contributed by atoms with van der Waals surface area (Å²) in [4.78, 5) is 13.7. The molecule has 0 saturated heterocycles. The molecule has 0 aromatic heterocycles. The van der Waals surface area contributed by atoms with Crippen LogP contribution in [0, 0.1) is 0 Å². The van der Waals surface area contributed by atoms with Crippen LogP contribution in [0.2, 0.25) is 0 Å². The van der Waals surface area contributed by atoms with E-state index in [0.29, 0.717) is 17.5 Å². The van der Waals surface area contributed by atoms with Crippen LogP contribution in [0.15, 0.2) is 122 Å². The monoisotopic (exact) mass is 436 g/mol. The number of aromatic hydroxyl groups is 1. The number of rotatable bonds is 7. The molecular formula is C29H25O2P. The van der Waals surface area contributed by atoms with Gasteiger partial charge in [-0.25, -0.2) is 0 Å². The van der Waals surface area contributed by atoms with Crippen molar-refractivity contribution in [2.45, 2.75) is 6.42 Å². The van der Waals surface area contributed by atoms with Gasteiger partial charge in [-0.15, -0.1) is 6.58 Å². The molecule has 0 heterocycles. The number of benzene rings is 4. The molecule has 4 aromatic rings. The number of hydrogen-bond acceptors (Lipinski definition) is 2. The highest BCUT2D eigenvalue weighted by atomic mass is 31.2. The maximum absolute atomic E-state index is 13.7. The minimum Gasteiger partial charge on any atom is -0.507 e. The average Bonchev–Trinajstić information content (AvgIpc) is 2.85. The summed E-state index contributed by atoms with van der Waals surface area (Å²) in [6.45, 7) is 1.32. The summed E-state index contributed by atoms with van der Waals surface area (Å²) in [7, 11) is 0. The van der Waals surface area contributed by atoms with E-state index in [2.05, 4.69) is 43.0 Å². The Bertz CT molecular complexity index is 1170. The Morgan fingerprint density at radius 3 is 1.62 bits per heavy atom. The predicted molar refractivity (Wildman–Crippen MR) is 138 cm³/mol. The molecular weight excluding hydrogens is 411 g/mol. The van der Waals surface area contributed by atoms with E-state index in [4.69, 9.17) is 0 Å². The Morgan fingerprint density at radius 1 is 0.719 bits per heavy atom. The van der Waals surface area contributed by atoms with Crippen LogP contribution < -0.4 is 15.9 Å². The number of ketones is 1. The van der Waals surface area contributed by atoms with Gasteiger partial charge in [0.2, 0.25) is 0 Å². The summed E-state index contributed by atoms with van der Waals surface area (Å²) in [6.07, 6.45) is 2.23. The summed E-state index contributed by atoms with van der Waals surface area (Å²) in [5.74, 6) is 1.69. The van der Waals surface area contributed by atoms with Crippen LogP contribution in [0.4, 0.5) is 0 Å². The number of para-hydroxylation sites is 1. The molecule has 158 valence electrons. The number of allylic oxidation sites excluding steroid dienone is 1. The number of phenols is 1. The van der Waals surface area contributed by atoms with E-state index in [1.54, 1.807) is 12.1 Å². The SMILES string of the molecule is C=CCc1cccc(C(=O)C=P(c2ccccc2)(c2ccccc2)c2ccccc2)c1O. The molecule has 1 N–H and O–H groups in total. The highest BCUT2D eigenvalue weighted by molar-refractivity contribution is 7.95. The summed E-state index contributed by atoms with van der Waals surface area (Å²) in [5.41, 5.74) is 1.01. The normalized spacial score (nSPS) is 11.0. The van der Waals surface area contributed by atoms with Crippen molar-refractivity contribution in [3.63, 3.8) is 0 Å². The van der Waals surface area contributed by atoms with Crippen LogP contribution in [0.1, 0.15) is 15.9 Å². The van der Waals surface area contributed by atoms with Crippen molar-refractivity contribution in [1.82, 2.24) is 0 Å². The van der Waals surface area contributed by atoms with Gasteiger partial charge in [0, 0.05) is 0 Å². The molecule has 0 spiro atoms. The molecule has 0 amide bonds. The van der Waals surface area contributed by atoms with Gasteiger partial charge in [-0.1, -0.05) is 109 Å². The molecule has 0 radical (unpaired) electrons. The molecule has 0 fully saturated rings. The fourth-order valence-electron chi connectivity index (χ4n) is 4.02. The van der Waals surface area contributed by atoms with E-state index in [1.807, 2.05) is 72.5 Å². The third kappa shape index (κ3) is 4.10. The zero-order valence-electron chi connectivity index (χ0n) is 17.8. The van der Waals surface area contributed by atoms with Crippen molar-refractivity contribution in [2.75, 3.05) is 0 Å². The summed E-state index contributed by atoms with van der Waals surface area (Å²) in [6, 6.07) is 35.9. The highest BCUT2D eigenvalue weighted by Crippen LogP contribution is 2.44. The van der Waals surface area contributed by atoms with E-state index >= 15 is 0 Å². The maximum Gasteiger partial charge on any atom is 0.190 e. The summed E-state index contributed by atoms with van der Waals surface area (Å²) in [5, 5.41) is 14.1. The van der Waals surface area contributed by atoms with Gasteiger partial charge >= 0.3 is 0 Å². The molecule has 32 heavy (non-hydrogen) atoms. The van der Waals surface area contributed by atoms with Crippen molar-refractivity contribution in [3.8, 4) is 5.75 Å². The second-order valence-electron chi connectivity index (χ2n) is 7.53. The molecule has 0 unspecified atom stereocenters. The molecule has 0 saturated carbocycles. The van der Waals surface area contributed by atoms with Crippen LogP contribution in [0.3, 0.4) is 0 Å². The number of phenolic OH excluding ortho intramolecular Hbond substituents is 1. The van der Waals surface area contributed by atoms with Crippen LogP contribution in [-0.4, -0.2) is 16.7 Å². The van der Waals surface area contributed by atoms with Gasteiger partial charge in [0.25, 0.3) is 0 Å². The third-order valence-corrected chi connectivity index (χ3v) is 9.51. The van der Waals surface area contributed by atoms with E-state index in [1.165, 1.54) is 0 Å². The number of hydrogen-bond donors (Lipinski definition) is 1. The predicted octanol–water partition coefficient (Wildman–Crippen LogP) is 5.10. The standard InChI is InChI=1S/C29H25O2P/c1-2-13-23-14-12-21-27(29(23)31)28(30)22-32(24-15-6-3-7-16-24,25-17-8-4-9-18-25)26-19-10-5-11-20-26/h2-12,14-22,31H,1,13H2. The van der Waals surface area contributed by atoms with Crippen LogP contribution in [-0.2, 0) is 6.42 Å². The van der Waals surface area contributed by atoms with Gasteiger partial charge in [0.05, 0.1) is 5.56 Å². The molecule has 0 bridgehead atoms. The van der Waals surface area contributed by atoms with Gasteiger partial charge in [-0.2, -0.15) is 0 Å². The second-order valence-corrected chi connectivity index (χ2v) is 10.8. The van der Waals surface area contributed by atoms with E-state index < -0.39 is 6.89 Å². The lowest BCUT2D eigenvalue weighted by atomic mass is 10.0. The Balaban J connectivity index is 2.05. The van der Waals surface area contributed by atoms with Gasteiger partial charge in [0.1, 0.15) is 5.75 Å². The van der Waals surface area contributed by atoms with Gasteiger partial charge < -0.3 is 5.11 Å². The van der Waals surface area contributed by atoms with Crippen LogP contribution >= 0.6 is 6.89 Å². The molecule has 0 aliphatic carbocycles. The van der Waals surface area contributed by atoms with Crippen molar-refractivity contribution < 1.29 is 9.90 Å². The van der Waals surface area contributed by atoms with Gasteiger partial charge in [-0.3, -0.25) is 4.79 Å². The Hall–Kier alpha value is -3.61. The lowest BCUT2D eigenvalue weighted by Gasteiger charge is -2.28. The first-order chi connectivity index (χ1) is 15.7. The molecule has 0 aliphatic rings. The van der Waals surface area contributed by atoms with Crippen LogP contribution in [0.5, 0.6) is 5.75 Å². The Labute approximate surface area is 189 Å². The van der Waals surface area contributed by atoms with Crippen molar-refractivity contribution >= 4 is 34.4 Å². The quantitative estimate of drug-likeness (QED) is 0.249. The minimum absolute atomic E-state index is 0.0286. The third-order valence-electron chi connectivity index (χ3n) is 5.55. The largest absolute Gasteiger partial charge is 0.507 e. The minimum atomic E-state index is -2.43. The fraction of sp³-hybridized carbons (Fsp3) is 0.0345. The van der Waals surface area contributed by atoms with Crippen molar-refractivity contribution in [3.05, 3.63) is 133 Å². The maximum atomic E-state index is 13.7. The Kier molecular flexibility index (Phi) is 6.54. The van der Waals surface area contributed by atoms with Crippen LogP contribution in [0.25, 0.3) is 0 Å². The molecule has 4 aromatic carbocycles. The average molecular weight is 436 g/mol. The molecule has 0 atom stereocenters. The van der Waals surface area contributed by atoms with E-state index in [9.17, 15) is 9.90 Å². The zero-order valence-corrected chi connectivity index (χ0v) is 18.7. The van der Waals surface area contributed by atoms with Gasteiger partial charge in [-0.05, 0) is 46.6 Å². The number of carbonyl (C=O) groups excluding carboxylic acids is 1. The van der Waals surface area contributed by atoms with Gasteiger partial charge in [0.15, 0.2) is 5.78 Å². The molecule has 0 aliphatic heterocycles. The van der Waals surface area contributed by atoms with Crippen molar-refractivity contribution in [1.29, 1.82) is 0 Å². The first-order valence-corrected chi connectivity index (χ1v) is 12.4. The summed E-state index contributed by atoms with van der Waals surface area (Å²) < 4.78 is 0. The first-order valence-electron chi connectivity index (χ1n) is 10.5. The molecule has 4 rings (SSSR count). The highest BCUT2D eigenvalue weighted by Gasteiger charge is 2.27. The Morgan fingerprint density at radius 2 is 1.19 bits per heavy atom.